The zero-order chi connectivity index (χ0) is 12.3. The first-order valence-corrected chi connectivity index (χ1v) is 4.10. The molecule has 2 N–H and O–H groups in total. The molecule has 0 radical (unpaired) electrons. The minimum atomic E-state index is -4.42. The maximum atomic E-state index is 12.0. The van der Waals surface area contributed by atoms with Crippen LogP contribution in [0.4, 0.5) is 19.0 Å². The van der Waals surface area contributed by atoms with E-state index in [-0.39, 0.29) is 11.4 Å². The van der Waals surface area contributed by atoms with E-state index in [4.69, 9.17) is 5.73 Å². The Hall–Kier alpha value is -1.86. The number of aromatic nitrogens is 2. The number of ether oxygens (including phenoxy) is 1. The number of carbonyl (C=O) groups excluding carboxylic acids is 1. The molecule has 0 atom stereocenters. The summed E-state index contributed by atoms with van der Waals surface area (Å²) in [4.78, 5) is 17.8. The molecule has 0 aliphatic carbocycles. The van der Waals surface area contributed by atoms with Crippen LogP contribution < -0.4 is 5.73 Å². The van der Waals surface area contributed by atoms with Gasteiger partial charge in [-0.05, 0) is 0 Å². The van der Waals surface area contributed by atoms with Crippen molar-refractivity contribution in [3.63, 3.8) is 0 Å². The summed E-state index contributed by atoms with van der Waals surface area (Å²) in [5.74, 6) is -1.62. The summed E-state index contributed by atoms with van der Waals surface area (Å²) in [5.41, 5.74) is 5.14. The number of nitrogen functional groups attached to an aromatic ring is 1. The summed E-state index contributed by atoms with van der Waals surface area (Å²) in [6.07, 6.45) is -4.80. The van der Waals surface area contributed by atoms with Gasteiger partial charge < -0.3 is 10.5 Å². The average Bonchev–Trinajstić information content (AvgIpc) is 2.14. The van der Waals surface area contributed by atoms with Gasteiger partial charge in [-0.3, -0.25) is 0 Å². The summed E-state index contributed by atoms with van der Waals surface area (Å²) in [7, 11) is 1.12. The number of esters is 1. The fourth-order valence-electron chi connectivity index (χ4n) is 0.965. The van der Waals surface area contributed by atoms with Crippen LogP contribution in [-0.4, -0.2) is 29.2 Å². The Bertz CT molecular complexity index is 406. The Morgan fingerprint density at radius 1 is 1.56 bits per heavy atom. The SMILES string of the molecule is COC(=O)c1cnc(CC(F)(F)F)nc1N. The molecule has 0 aliphatic heterocycles. The average molecular weight is 235 g/mol. The zero-order valence-electron chi connectivity index (χ0n) is 8.21. The predicted octanol–water partition coefficient (Wildman–Crippen LogP) is 0.950. The van der Waals surface area contributed by atoms with Gasteiger partial charge in [0.15, 0.2) is 0 Å². The molecule has 0 unspecified atom stereocenters. The normalized spacial score (nSPS) is 11.2. The number of alkyl halides is 3. The lowest BCUT2D eigenvalue weighted by atomic mass is 10.3. The molecular formula is C8H8F3N3O2. The Kier molecular flexibility index (Phi) is 3.31. The number of hydrogen-bond acceptors (Lipinski definition) is 5. The van der Waals surface area contributed by atoms with Crippen LogP contribution in [-0.2, 0) is 11.2 Å². The van der Waals surface area contributed by atoms with Crippen LogP contribution in [0.25, 0.3) is 0 Å². The Balaban J connectivity index is 2.96. The van der Waals surface area contributed by atoms with Gasteiger partial charge in [-0.25, -0.2) is 14.8 Å². The van der Waals surface area contributed by atoms with Gasteiger partial charge in [-0.1, -0.05) is 0 Å². The van der Waals surface area contributed by atoms with E-state index in [0.717, 1.165) is 13.3 Å². The summed E-state index contributed by atoms with van der Waals surface area (Å²) in [6, 6.07) is 0. The Morgan fingerprint density at radius 3 is 2.62 bits per heavy atom. The second-order valence-electron chi connectivity index (χ2n) is 2.87. The molecule has 1 rings (SSSR count). The molecule has 0 bridgehead atoms. The highest BCUT2D eigenvalue weighted by molar-refractivity contribution is 5.93. The van der Waals surface area contributed by atoms with Crippen LogP contribution in [0.5, 0.6) is 0 Å². The number of methoxy groups -OCH3 is 1. The maximum absolute atomic E-state index is 12.0. The molecule has 0 aromatic carbocycles. The van der Waals surface area contributed by atoms with Crippen molar-refractivity contribution in [2.75, 3.05) is 12.8 Å². The van der Waals surface area contributed by atoms with Crippen LogP contribution in [0.15, 0.2) is 6.20 Å². The third-order valence-corrected chi connectivity index (χ3v) is 1.63. The summed E-state index contributed by atoms with van der Waals surface area (Å²) in [6.45, 7) is 0. The topological polar surface area (TPSA) is 78.1 Å². The first-order chi connectivity index (χ1) is 7.33. The van der Waals surface area contributed by atoms with Crippen LogP contribution in [0.1, 0.15) is 16.2 Å². The van der Waals surface area contributed by atoms with E-state index < -0.39 is 24.4 Å². The van der Waals surface area contributed by atoms with Crippen molar-refractivity contribution in [3.8, 4) is 0 Å². The number of nitrogens with zero attached hydrogens (tertiary/aromatic N) is 2. The lowest BCUT2D eigenvalue weighted by molar-refractivity contribution is -0.128. The molecule has 0 saturated heterocycles. The minimum Gasteiger partial charge on any atom is -0.465 e. The number of nitrogens with two attached hydrogens (primary N) is 1. The van der Waals surface area contributed by atoms with Gasteiger partial charge in [0.1, 0.15) is 23.6 Å². The molecule has 8 heteroatoms. The number of rotatable bonds is 2. The Morgan fingerprint density at radius 2 is 2.19 bits per heavy atom. The molecular weight excluding hydrogens is 227 g/mol. The smallest absolute Gasteiger partial charge is 0.396 e. The van der Waals surface area contributed by atoms with Crippen molar-refractivity contribution >= 4 is 11.8 Å². The minimum absolute atomic E-state index is 0.159. The highest BCUT2D eigenvalue weighted by atomic mass is 19.4. The fourth-order valence-corrected chi connectivity index (χ4v) is 0.965. The van der Waals surface area contributed by atoms with Gasteiger partial charge in [-0.15, -0.1) is 0 Å². The van der Waals surface area contributed by atoms with E-state index in [9.17, 15) is 18.0 Å². The lowest BCUT2D eigenvalue weighted by Gasteiger charge is -2.07. The Labute approximate surface area is 88.4 Å². The number of carbonyl (C=O) groups is 1. The van der Waals surface area contributed by atoms with Crippen LogP contribution in [0, 0.1) is 0 Å². The van der Waals surface area contributed by atoms with E-state index in [1.54, 1.807) is 0 Å². The van der Waals surface area contributed by atoms with Crippen molar-refractivity contribution in [2.24, 2.45) is 0 Å². The second-order valence-corrected chi connectivity index (χ2v) is 2.87. The highest BCUT2D eigenvalue weighted by Gasteiger charge is 2.29. The molecule has 0 spiro atoms. The van der Waals surface area contributed by atoms with Gasteiger partial charge in [0.05, 0.1) is 7.11 Å². The zero-order valence-corrected chi connectivity index (χ0v) is 8.21. The summed E-state index contributed by atoms with van der Waals surface area (Å²) >= 11 is 0. The molecule has 88 valence electrons. The molecule has 1 aromatic rings. The van der Waals surface area contributed by atoms with Crippen LogP contribution in [0.3, 0.4) is 0 Å². The van der Waals surface area contributed by atoms with Crippen molar-refractivity contribution in [1.29, 1.82) is 0 Å². The van der Waals surface area contributed by atoms with E-state index in [1.807, 2.05) is 0 Å². The highest BCUT2D eigenvalue weighted by Crippen LogP contribution is 2.20. The first-order valence-electron chi connectivity index (χ1n) is 4.10. The standard InChI is InChI=1S/C8H8F3N3O2/c1-16-7(15)4-3-13-5(14-6(4)12)2-8(9,10)11/h3H,2H2,1H3,(H2,12,13,14). The number of hydrogen-bond donors (Lipinski definition) is 1. The van der Waals surface area contributed by atoms with Gasteiger partial charge in [-0.2, -0.15) is 13.2 Å². The molecule has 1 aromatic heterocycles. The quantitative estimate of drug-likeness (QED) is 0.772. The number of halogens is 3. The van der Waals surface area contributed by atoms with Gasteiger partial charge >= 0.3 is 12.1 Å². The van der Waals surface area contributed by atoms with Gasteiger partial charge in [0.25, 0.3) is 0 Å². The van der Waals surface area contributed by atoms with E-state index >= 15 is 0 Å². The fraction of sp³-hybridized carbons (Fsp3) is 0.375. The molecule has 0 saturated carbocycles. The molecule has 1 heterocycles. The van der Waals surface area contributed by atoms with Crippen molar-refractivity contribution in [2.45, 2.75) is 12.6 Å². The lowest BCUT2D eigenvalue weighted by Crippen LogP contribution is -2.16. The first kappa shape index (κ1) is 12.2. The molecule has 5 nitrogen and oxygen atoms in total. The monoisotopic (exact) mass is 235 g/mol. The third-order valence-electron chi connectivity index (χ3n) is 1.63. The van der Waals surface area contributed by atoms with Crippen molar-refractivity contribution in [3.05, 3.63) is 17.6 Å². The molecule has 0 amide bonds. The summed E-state index contributed by atoms with van der Waals surface area (Å²) in [5, 5.41) is 0. The van der Waals surface area contributed by atoms with Crippen LogP contribution in [0.2, 0.25) is 0 Å². The maximum Gasteiger partial charge on any atom is 0.396 e. The second kappa shape index (κ2) is 4.33. The third kappa shape index (κ3) is 3.07. The van der Waals surface area contributed by atoms with Crippen LogP contribution >= 0.6 is 0 Å². The summed E-state index contributed by atoms with van der Waals surface area (Å²) < 4.78 is 40.3. The van der Waals surface area contributed by atoms with E-state index in [0.29, 0.717) is 0 Å². The van der Waals surface area contributed by atoms with Crippen molar-refractivity contribution < 1.29 is 22.7 Å². The van der Waals surface area contributed by atoms with Crippen molar-refractivity contribution in [1.82, 2.24) is 9.97 Å². The number of anilines is 1. The predicted molar refractivity (Wildman–Crippen MR) is 47.5 cm³/mol. The van der Waals surface area contributed by atoms with E-state index in [2.05, 4.69) is 14.7 Å². The molecule has 0 fully saturated rings. The van der Waals surface area contributed by atoms with E-state index in [1.165, 1.54) is 0 Å². The molecule has 0 aliphatic rings. The molecule has 16 heavy (non-hydrogen) atoms. The largest absolute Gasteiger partial charge is 0.465 e. The van der Waals surface area contributed by atoms with Gasteiger partial charge in [0.2, 0.25) is 0 Å². The van der Waals surface area contributed by atoms with Gasteiger partial charge in [0, 0.05) is 6.20 Å².